The molecule has 7 rings (SSSR count). The van der Waals surface area contributed by atoms with Crippen LogP contribution in [0.15, 0.2) is 97.2 Å². The molecule has 0 atom stereocenters. The smallest absolute Gasteiger partial charge is 0.128 e. The van der Waals surface area contributed by atoms with E-state index >= 15 is 0 Å². The van der Waals surface area contributed by atoms with E-state index in [1.165, 1.54) is 33.2 Å². The van der Waals surface area contributed by atoms with Gasteiger partial charge in [-0.05, 0) is 119 Å². The van der Waals surface area contributed by atoms with Crippen molar-refractivity contribution < 1.29 is 5.11 Å². The van der Waals surface area contributed by atoms with Crippen LogP contribution in [0.3, 0.4) is 0 Å². The lowest BCUT2D eigenvalue weighted by Crippen LogP contribution is -2.12. The fraction of sp³-hybridized carbons (Fsp3) is 0.244. The Kier molecular flexibility index (Phi) is 7.99. The minimum atomic E-state index is -0.0522. The van der Waals surface area contributed by atoms with E-state index in [9.17, 15) is 5.11 Å². The van der Waals surface area contributed by atoms with Crippen LogP contribution >= 0.6 is 11.3 Å². The Bertz CT molecular complexity index is 2380. The minimum absolute atomic E-state index is 0.00253. The van der Waals surface area contributed by atoms with Crippen LogP contribution in [0.1, 0.15) is 69.4 Å². The van der Waals surface area contributed by atoms with Crippen molar-refractivity contribution in [1.82, 2.24) is 9.97 Å². The molecule has 3 nitrogen and oxygen atoms in total. The monoisotopic (exact) mass is 660 g/mol. The number of aryl methyl sites for hydroxylation is 3. The lowest BCUT2D eigenvalue weighted by atomic mass is 9.83. The van der Waals surface area contributed by atoms with E-state index in [0.717, 1.165) is 59.7 Å². The second kappa shape index (κ2) is 12.0. The highest BCUT2D eigenvalue weighted by atomic mass is 32.1. The molecule has 0 aliphatic carbocycles. The van der Waals surface area contributed by atoms with Gasteiger partial charge >= 0.3 is 0 Å². The van der Waals surface area contributed by atoms with Gasteiger partial charge in [-0.15, -0.1) is 11.3 Å². The number of aromatic hydroxyl groups is 1. The summed E-state index contributed by atoms with van der Waals surface area (Å²) in [6, 6.07) is 32.7. The van der Waals surface area contributed by atoms with Crippen LogP contribution < -0.4 is 0 Å². The maximum absolute atomic E-state index is 11.1. The Morgan fingerprint density at radius 3 is 1.90 bits per heavy atom. The molecule has 246 valence electrons. The van der Waals surface area contributed by atoms with Crippen LogP contribution in [0.4, 0.5) is 0 Å². The maximum Gasteiger partial charge on any atom is 0.128 e. The molecule has 0 bridgehead atoms. The first-order chi connectivity index (χ1) is 23.2. The molecule has 0 fully saturated rings. The zero-order chi connectivity index (χ0) is 34.8. The van der Waals surface area contributed by atoms with Crippen LogP contribution in [0, 0.1) is 20.8 Å². The molecule has 0 unspecified atom stereocenters. The van der Waals surface area contributed by atoms with Gasteiger partial charge in [-0.1, -0.05) is 95.1 Å². The van der Waals surface area contributed by atoms with Gasteiger partial charge in [0.1, 0.15) is 10.8 Å². The topological polar surface area (TPSA) is 46.0 Å². The van der Waals surface area contributed by atoms with Crippen molar-refractivity contribution >= 4 is 32.5 Å². The zero-order valence-electron chi connectivity index (χ0n) is 30.0. The van der Waals surface area contributed by atoms with Crippen molar-refractivity contribution in [2.75, 3.05) is 0 Å². The Hall–Kier alpha value is -4.80. The summed E-state index contributed by atoms with van der Waals surface area (Å²) in [5.74, 6) is 0.249. The molecule has 2 heterocycles. The summed E-state index contributed by atoms with van der Waals surface area (Å²) < 4.78 is 1.09. The number of rotatable bonds is 4. The minimum Gasteiger partial charge on any atom is -0.507 e. The SMILES string of the molecule is Cc1cc(C)cc(-c2cc(-c3cccc(-c4cc(C)cc5c(C(C)(C)C)ccnc45)c3)c3nc(-c4cc(C(C)(C)C)ccc4O)sc3c2)c1. The lowest BCUT2D eigenvalue weighted by Gasteiger charge is -2.22. The van der Waals surface area contributed by atoms with Gasteiger partial charge in [-0.2, -0.15) is 0 Å². The van der Waals surface area contributed by atoms with Crippen molar-refractivity contribution in [2.45, 2.75) is 73.1 Å². The third-order valence-corrected chi connectivity index (χ3v) is 10.5. The predicted octanol–water partition coefficient (Wildman–Crippen LogP) is 12.7. The molecule has 0 aliphatic heterocycles. The summed E-state index contributed by atoms with van der Waals surface area (Å²) >= 11 is 1.64. The van der Waals surface area contributed by atoms with Crippen LogP contribution in [0.25, 0.3) is 65.1 Å². The zero-order valence-corrected chi connectivity index (χ0v) is 30.8. The number of benzene rings is 5. The van der Waals surface area contributed by atoms with Gasteiger partial charge in [0, 0.05) is 22.7 Å². The summed E-state index contributed by atoms with van der Waals surface area (Å²) in [6.07, 6.45) is 1.95. The summed E-state index contributed by atoms with van der Waals surface area (Å²) in [5.41, 5.74) is 15.6. The van der Waals surface area contributed by atoms with E-state index in [0.29, 0.717) is 0 Å². The van der Waals surface area contributed by atoms with Crippen molar-refractivity contribution in [2.24, 2.45) is 0 Å². The second-order valence-corrected chi connectivity index (χ2v) is 16.7. The molecule has 0 radical (unpaired) electrons. The molecule has 0 spiro atoms. The quantitative estimate of drug-likeness (QED) is 0.204. The molecule has 7 aromatic rings. The Morgan fingerprint density at radius 2 is 1.22 bits per heavy atom. The molecule has 2 aromatic heterocycles. The van der Waals surface area contributed by atoms with Crippen molar-refractivity contribution in [3.63, 3.8) is 0 Å². The number of nitrogens with zero attached hydrogens (tertiary/aromatic N) is 2. The van der Waals surface area contributed by atoms with E-state index in [-0.39, 0.29) is 16.6 Å². The number of thiazole rings is 1. The average Bonchev–Trinajstić information content (AvgIpc) is 3.46. The summed E-state index contributed by atoms with van der Waals surface area (Å²) in [6.45, 7) is 19.8. The normalized spacial score (nSPS) is 12.3. The third kappa shape index (κ3) is 6.26. The molecule has 49 heavy (non-hydrogen) atoms. The highest BCUT2D eigenvalue weighted by Gasteiger charge is 2.22. The number of fused-ring (bicyclic) bond motifs is 2. The van der Waals surface area contributed by atoms with Gasteiger partial charge in [-0.25, -0.2) is 4.98 Å². The van der Waals surface area contributed by atoms with Gasteiger partial charge < -0.3 is 5.11 Å². The van der Waals surface area contributed by atoms with E-state index in [1.807, 2.05) is 12.3 Å². The molecular formula is C45H44N2OS. The Morgan fingerprint density at radius 1 is 0.571 bits per heavy atom. The summed E-state index contributed by atoms with van der Waals surface area (Å²) in [7, 11) is 0. The van der Waals surface area contributed by atoms with Crippen LogP contribution in [0.5, 0.6) is 5.75 Å². The largest absolute Gasteiger partial charge is 0.507 e. The third-order valence-electron chi connectivity index (χ3n) is 9.42. The second-order valence-electron chi connectivity index (χ2n) is 15.6. The van der Waals surface area contributed by atoms with E-state index in [1.54, 1.807) is 17.4 Å². The van der Waals surface area contributed by atoms with Gasteiger partial charge in [0.15, 0.2) is 0 Å². The molecule has 0 saturated heterocycles. The summed E-state index contributed by atoms with van der Waals surface area (Å²) in [5, 5.41) is 13.1. The van der Waals surface area contributed by atoms with Crippen LogP contribution in [-0.4, -0.2) is 15.1 Å². The van der Waals surface area contributed by atoms with E-state index < -0.39 is 0 Å². The van der Waals surface area contributed by atoms with Gasteiger partial charge in [-0.3, -0.25) is 4.98 Å². The fourth-order valence-electron chi connectivity index (χ4n) is 6.97. The van der Waals surface area contributed by atoms with E-state index in [2.05, 4.69) is 141 Å². The molecular weight excluding hydrogens is 617 g/mol. The number of phenols is 1. The highest BCUT2D eigenvalue weighted by molar-refractivity contribution is 7.21. The number of hydrogen-bond acceptors (Lipinski definition) is 4. The van der Waals surface area contributed by atoms with Gasteiger partial charge in [0.05, 0.1) is 21.3 Å². The fourth-order valence-corrected chi connectivity index (χ4v) is 8.03. The first-order valence-corrected chi connectivity index (χ1v) is 17.9. The first-order valence-electron chi connectivity index (χ1n) is 17.0. The van der Waals surface area contributed by atoms with Gasteiger partial charge in [0.2, 0.25) is 0 Å². The van der Waals surface area contributed by atoms with Crippen molar-refractivity contribution in [1.29, 1.82) is 0 Å². The number of phenolic OH excluding ortho intramolecular Hbond substituents is 1. The van der Waals surface area contributed by atoms with Crippen molar-refractivity contribution in [3.05, 3.63) is 125 Å². The lowest BCUT2D eigenvalue weighted by molar-refractivity contribution is 0.476. The van der Waals surface area contributed by atoms with Crippen molar-refractivity contribution in [3.8, 4) is 49.7 Å². The summed E-state index contributed by atoms with van der Waals surface area (Å²) in [4.78, 5) is 10.2. The number of aromatic nitrogens is 2. The van der Waals surface area contributed by atoms with E-state index in [4.69, 9.17) is 9.97 Å². The molecule has 5 aromatic carbocycles. The first kappa shape index (κ1) is 32.7. The van der Waals surface area contributed by atoms with Gasteiger partial charge in [0.25, 0.3) is 0 Å². The standard InChI is InChI=1S/C45H44N2OS/c1-26-17-27(2)19-31(18-26)32-23-35(42-40(24-32)49-43(47-42)37-25-33(44(4,5)6)13-14-39(37)48)30-12-10-11-29(22-30)34-20-28(3)21-36-38(45(7,8)9)15-16-46-41(34)36/h10-25,48H,1-9H3. The molecule has 4 heteroatoms. The number of hydrogen-bond donors (Lipinski definition) is 1. The Balaban J connectivity index is 1.47. The molecule has 1 N–H and O–H groups in total. The molecule has 0 amide bonds. The average molecular weight is 661 g/mol. The molecule has 0 saturated carbocycles. The molecule has 0 aliphatic rings. The predicted molar refractivity (Wildman–Crippen MR) is 210 cm³/mol. The van der Waals surface area contributed by atoms with Crippen LogP contribution in [0.2, 0.25) is 0 Å². The maximum atomic E-state index is 11.1. The van der Waals surface area contributed by atoms with Crippen LogP contribution in [-0.2, 0) is 10.8 Å². The Labute approximate surface area is 294 Å². The number of pyridine rings is 1. The highest BCUT2D eigenvalue weighted by Crippen LogP contribution is 2.44.